The molecule has 3 aliphatic heterocycles. The Bertz CT molecular complexity index is 762. The number of halogens is 3. The lowest BCUT2D eigenvalue weighted by atomic mass is 9.91. The fourth-order valence-corrected chi connectivity index (χ4v) is 4.02. The predicted octanol–water partition coefficient (Wildman–Crippen LogP) is 2.75. The number of alkyl halides is 3. The third-order valence-electron chi connectivity index (χ3n) is 5.58. The molecule has 4 heterocycles. The number of likely N-dealkylation sites (tertiary alicyclic amines) is 1. The van der Waals surface area contributed by atoms with E-state index in [1.165, 1.54) is 5.06 Å². The zero-order valence-corrected chi connectivity index (χ0v) is 17.3. The summed E-state index contributed by atoms with van der Waals surface area (Å²) in [6.07, 6.45) is -1.31. The first kappa shape index (κ1) is 23.6. The van der Waals surface area contributed by atoms with Crippen LogP contribution in [0.5, 0.6) is 0 Å². The van der Waals surface area contributed by atoms with Crippen molar-refractivity contribution in [3.63, 3.8) is 0 Å². The van der Waals surface area contributed by atoms with E-state index in [1.54, 1.807) is 0 Å². The van der Waals surface area contributed by atoms with Crippen LogP contribution in [0.1, 0.15) is 37.2 Å². The molecule has 0 radical (unpaired) electrons. The minimum atomic E-state index is -5.08. The summed E-state index contributed by atoms with van der Waals surface area (Å²) in [5.74, 6) is -0.314. The van der Waals surface area contributed by atoms with E-state index in [1.807, 2.05) is 19.1 Å². The second-order valence-corrected chi connectivity index (χ2v) is 7.98. The average Bonchev–Trinajstić information content (AvgIpc) is 3.33. The molecule has 0 saturated carbocycles. The van der Waals surface area contributed by atoms with Gasteiger partial charge >= 0.3 is 12.1 Å². The van der Waals surface area contributed by atoms with Gasteiger partial charge in [0.2, 0.25) is 0 Å². The van der Waals surface area contributed by atoms with Gasteiger partial charge in [-0.1, -0.05) is 0 Å². The first-order valence-corrected chi connectivity index (χ1v) is 10.3. The number of hydroxylamine groups is 2. The van der Waals surface area contributed by atoms with Crippen LogP contribution in [0.25, 0.3) is 0 Å². The Morgan fingerprint density at radius 1 is 1.23 bits per heavy atom. The molecule has 11 heteroatoms. The molecule has 174 valence electrons. The van der Waals surface area contributed by atoms with E-state index in [-0.39, 0.29) is 18.1 Å². The van der Waals surface area contributed by atoms with E-state index in [9.17, 15) is 18.0 Å². The summed E-state index contributed by atoms with van der Waals surface area (Å²) in [4.78, 5) is 29.3. The van der Waals surface area contributed by atoms with Gasteiger partial charge in [0.1, 0.15) is 17.6 Å². The first-order chi connectivity index (χ1) is 14.6. The van der Waals surface area contributed by atoms with Crippen molar-refractivity contribution in [1.29, 1.82) is 0 Å². The van der Waals surface area contributed by atoms with Crippen LogP contribution in [0.3, 0.4) is 0 Å². The lowest BCUT2D eigenvalue weighted by Gasteiger charge is -2.33. The van der Waals surface area contributed by atoms with Gasteiger partial charge in [-0.3, -0.25) is 14.5 Å². The largest absolute Gasteiger partial charge is 0.490 e. The number of carboxylic acids is 1. The van der Waals surface area contributed by atoms with Crippen molar-refractivity contribution >= 4 is 11.9 Å². The number of aliphatic carboxylic acids is 1. The molecular weight excluding hydrogens is 421 g/mol. The van der Waals surface area contributed by atoms with Gasteiger partial charge in [0.15, 0.2) is 0 Å². The summed E-state index contributed by atoms with van der Waals surface area (Å²) >= 11 is 0. The highest BCUT2D eigenvalue weighted by Crippen LogP contribution is 2.34. The Kier molecular flexibility index (Phi) is 7.60. The summed E-state index contributed by atoms with van der Waals surface area (Å²) < 4.78 is 43.5. The predicted molar refractivity (Wildman–Crippen MR) is 101 cm³/mol. The minimum absolute atomic E-state index is 0.0114. The highest BCUT2D eigenvalue weighted by Gasteiger charge is 2.43. The molecule has 1 amide bonds. The maximum absolute atomic E-state index is 12.6. The lowest BCUT2D eigenvalue weighted by molar-refractivity contribution is -0.206. The van der Waals surface area contributed by atoms with E-state index >= 15 is 0 Å². The van der Waals surface area contributed by atoms with Crippen LogP contribution in [0.15, 0.2) is 16.5 Å². The number of ether oxygens (including phenoxy) is 1. The van der Waals surface area contributed by atoms with Gasteiger partial charge in [0.05, 0.1) is 19.3 Å². The summed E-state index contributed by atoms with van der Waals surface area (Å²) in [5, 5.41) is 8.65. The number of amides is 1. The number of furan rings is 1. The zero-order valence-electron chi connectivity index (χ0n) is 17.3. The molecule has 1 N–H and O–H groups in total. The molecule has 8 nitrogen and oxygen atoms in total. The van der Waals surface area contributed by atoms with Gasteiger partial charge in [-0.2, -0.15) is 13.2 Å². The number of rotatable bonds is 3. The van der Waals surface area contributed by atoms with E-state index in [4.69, 9.17) is 23.9 Å². The van der Waals surface area contributed by atoms with Gasteiger partial charge in [-0.05, 0) is 57.2 Å². The molecule has 0 aromatic carbocycles. The average molecular weight is 448 g/mol. The number of aryl methyl sites for hydroxylation is 1. The standard InChI is InChI=1S/C18H26N2O4.C2HF3O2/c1-13-4-5-15(23-13)11-19-8-6-14-10-16(24-17(14)12-19)18(21)20-7-2-3-9-22-20;3-2(4,5)1(6)7/h4-5,14,16-17H,2-3,6-12H2,1H3;(H,6,7)/t14-,16+,17+;/m0./s1. The minimum Gasteiger partial charge on any atom is -0.475 e. The molecule has 0 spiro atoms. The van der Waals surface area contributed by atoms with Crippen molar-refractivity contribution in [2.24, 2.45) is 5.92 Å². The summed E-state index contributed by atoms with van der Waals surface area (Å²) in [6.45, 7) is 6.02. The van der Waals surface area contributed by atoms with Crippen LogP contribution < -0.4 is 0 Å². The Morgan fingerprint density at radius 2 is 1.97 bits per heavy atom. The number of fused-ring (bicyclic) bond motifs is 1. The van der Waals surface area contributed by atoms with Crippen LogP contribution in [0.4, 0.5) is 13.2 Å². The number of nitrogens with zero attached hydrogens (tertiary/aromatic N) is 2. The third-order valence-corrected chi connectivity index (χ3v) is 5.58. The quantitative estimate of drug-likeness (QED) is 0.760. The summed E-state index contributed by atoms with van der Waals surface area (Å²) in [6, 6.07) is 4.04. The SMILES string of the molecule is Cc1ccc(CN2CC[C@H]3C[C@H](C(=O)N4CCCCO4)O[C@@H]3C2)o1.O=C(O)C(F)(F)F. The van der Waals surface area contributed by atoms with Gasteiger partial charge in [-0.15, -0.1) is 0 Å². The number of carboxylic acid groups (broad SMARTS) is 1. The monoisotopic (exact) mass is 448 g/mol. The van der Waals surface area contributed by atoms with Crippen molar-refractivity contribution in [2.45, 2.75) is 57.5 Å². The maximum Gasteiger partial charge on any atom is 0.490 e. The molecule has 1 aromatic heterocycles. The second-order valence-electron chi connectivity index (χ2n) is 7.98. The van der Waals surface area contributed by atoms with E-state index in [0.29, 0.717) is 19.1 Å². The Morgan fingerprint density at radius 3 is 2.55 bits per heavy atom. The zero-order chi connectivity index (χ0) is 22.6. The second kappa shape index (κ2) is 10.0. The number of hydrogen-bond donors (Lipinski definition) is 1. The molecule has 3 fully saturated rings. The van der Waals surface area contributed by atoms with Gasteiger partial charge < -0.3 is 14.3 Å². The molecule has 3 aliphatic rings. The fourth-order valence-electron chi connectivity index (χ4n) is 4.02. The van der Waals surface area contributed by atoms with Crippen molar-refractivity contribution in [2.75, 3.05) is 26.2 Å². The maximum atomic E-state index is 12.6. The molecular formula is C20H27F3N2O6. The summed E-state index contributed by atoms with van der Waals surface area (Å²) in [7, 11) is 0. The lowest BCUT2D eigenvalue weighted by Crippen LogP contribution is -2.43. The topological polar surface area (TPSA) is 92.5 Å². The smallest absolute Gasteiger partial charge is 0.475 e. The van der Waals surface area contributed by atoms with Crippen LogP contribution in [-0.4, -0.2) is 71.6 Å². The van der Waals surface area contributed by atoms with Gasteiger partial charge in [0.25, 0.3) is 5.91 Å². The van der Waals surface area contributed by atoms with Gasteiger partial charge in [-0.25, -0.2) is 9.86 Å². The molecule has 0 unspecified atom stereocenters. The first-order valence-electron chi connectivity index (χ1n) is 10.3. The Balaban J connectivity index is 0.000000339. The number of piperidine rings is 1. The number of carbonyl (C=O) groups excluding carboxylic acids is 1. The van der Waals surface area contributed by atoms with Gasteiger partial charge in [0, 0.05) is 13.1 Å². The molecule has 31 heavy (non-hydrogen) atoms. The number of hydrogen-bond acceptors (Lipinski definition) is 6. The molecule has 3 saturated heterocycles. The molecule has 0 aliphatic carbocycles. The fraction of sp³-hybridized carbons (Fsp3) is 0.700. The van der Waals surface area contributed by atoms with Crippen molar-refractivity contribution in [3.05, 3.63) is 23.7 Å². The van der Waals surface area contributed by atoms with Crippen LogP contribution in [-0.2, 0) is 25.7 Å². The molecule has 0 bridgehead atoms. The van der Waals surface area contributed by atoms with Crippen molar-refractivity contribution in [1.82, 2.24) is 9.96 Å². The molecule has 3 atom stereocenters. The van der Waals surface area contributed by atoms with Crippen molar-refractivity contribution < 1.29 is 41.9 Å². The van der Waals surface area contributed by atoms with E-state index in [2.05, 4.69) is 4.90 Å². The van der Waals surface area contributed by atoms with Crippen LogP contribution >= 0.6 is 0 Å². The van der Waals surface area contributed by atoms with E-state index in [0.717, 1.165) is 56.8 Å². The number of carbonyl (C=O) groups is 2. The van der Waals surface area contributed by atoms with E-state index < -0.39 is 12.1 Å². The highest BCUT2D eigenvalue weighted by molar-refractivity contribution is 5.80. The Labute approximate surface area is 177 Å². The third kappa shape index (κ3) is 6.44. The summed E-state index contributed by atoms with van der Waals surface area (Å²) in [5.41, 5.74) is 0. The Hall–Kier alpha value is -2.11. The highest BCUT2D eigenvalue weighted by atomic mass is 19.4. The van der Waals surface area contributed by atoms with Crippen LogP contribution in [0, 0.1) is 12.8 Å². The molecule has 4 rings (SSSR count). The molecule has 1 aromatic rings. The van der Waals surface area contributed by atoms with Crippen LogP contribution in [0.2, 0.25) is 0 Å². The normalized spacial score (nSPS) is 26.7. The van der Waals surface area contributed by atoms with Crippen molar-refractivity contribution in [3.8, 4) is 0 Å².